The number of amides is 1. The fourth-order valence-electron chi connectivity index (χ4n) is 4.63. The zero-order chi connectivity index (χ0) is 27.0. The number of ether oxygens (including phenoxy) is 2. The summed E-state index contributed by atoms with van der Waals surface area (Å²) in [4.78, 5) is 15.9. The largest absolute Gasteiger partial charge is 0.392 e. The number of nitrogens with one attached hydrogen (secondary N) is 1. The number of rotatable bonds is 9. The maximum Gasteiger partial charge on any atom is 0.217 e. The van der Waals surface area contributed by atoms with E-state index in [1.165, 1.54) is 6.92 Å². The van der Waals surface area contributed by atoms with E-state index in [2.05, 4.69) is 40.6 Å². The number of hydrogen-bond acceptors (Lipinski definition) is 6. The van der Waals surface area contributed by atoms with Crippen LogP contribution in [0, 0.1) is 0 Å². The van der Waals surface area contributed by atoms with Crippen molar-refractivity contribution in [2.24, 2.45) is 0 Å². The van der Waals surface area contributed by atoms with Gasteiger partial charge in [0.2, 0.25) is 5.91 Å². The molecule has 3 atom stereocenters. The SMILES string of the molecule is CC(=O)NCc1ccccc1-c1ccc([C@@H]2O[C@H](CSc3ccccn3)C[C@H](c3ccc(CO)cc3)O2)cc1. The minimum Gasteiger partial charge on any atom is -0.392 e. The van der Waals surface area contributed by atoms with Crippen LogP contribution < -0.4 is 5.32 Å². The van der Waals surface area contributed by atoms with Crippen LogP contribution in [0.25, 0.3) is 11.1 Å². The molecule has 0 aliphatic carbocycles. The molecule has 2 N–H and O–H groups in total. The van der Waals surface area contributed by atoms with Gasteiger partial charge in [-0.25, -0.2) is 4.98 Å². The summed E-state index contributed by atoms with van der Waals surface area (Å²) in [6, 6.07) is 30.2. The molecular formula is C32H32N2O4S. The number of pyridine rings is 1. The number of thioether (sulfide) groups is 1. The summed E-state index contributed by atoms with van der Waals surface area (Å²) in [5, 5.41) is 13.3. The van der Waals surface area contributed by atoms with Gasteiger partial charge in [-0.15, -0.1) is 11.8 Å². The molecule has 0 saturated carbocycles. The molecule has 1 aliphatic rings. The van der Waals surface area contributed by atoms with Gasteiger partial charge in [0, 0.05) is 37.4 Å². The Hall–Kier alpha value is -3.49. The average Bonchev–Trinajstić information content (AvgIpc) is 2.99. The van der Waals surface area contributed by atoms with Crippen LogP contribution in [0.3, 0.4) is 0 Å². The number of aromatic nitrogens is 1. The van der Waals surface area contributed by atoms with Crippen LogP contribution in [0.2, 0.25) is 0 Å². The van der Waals surface area contributed by atoms with Gasteiger partial charge in [-0.2, -0.15) is 0 Å². The molecule has 0 radical (unpaired) electrons. The lowest BCUT2D eigenvalue weighted by atomic mass is 9.98. The van der Waals surface area contributed by atoms with E-state index in [1.807, 2.05) is 60.7 Å². The van der Waals surface area contributed by atoms with E-state index in [1.54, 1.807) is 18.0 Å². The van der Waals surface area contributed by atoms with Gasteiger partial charge in [0.1, 0.15) is 0 Å². The topological polar surface area (TPSA) is 80.7 Å². The molecule has 1 amide bonds. The molecule has 1 aliphatic heterocycles. The van der Waals surface area contributed by atoms with Crippen molar-refractivity contribution < 1.29 is 19.4 Å². The quantitative estimate of drug-likeness (QED) is 0.246. The van der Waals surface area contributed by atoms with Crippen molar-refractivity contribution in [2.45, 2.75) is 50.0 Å². The number of hydrogen-bond donors (Lipinski definition) is 2. The van der Waals surface area contributed by atoms with E-state index in [-0.39, 0.29) is 24.7 Å². The molecule has 1 saturated heterocycles. The van der Waals surface area contributed by atoms with Crippen LogP contribution in [0.1, 0.15) is 48.0 Å². The maximum atomic E-state index is 11.4. The number of carbonyl (C=O) groups excluding carboxylic acids is 1. The highest BCUT2D eigenvalue weighted by Crippen LogP contribution is 2.39. The van der Waals surface area contributed by atoms with Crippen LogP contribution in [0.4, 0.5) is 0 Å². The fraction of sp³-hybridized carbons (Fsp3) is 0.250. The van der Waals surface area contributed by atoms with Gasteiger partial charge in [-0.1, -0.05) is 78.9 Å². The standard InChI is InChI=1S/C32H32N2O4S/c1-22(36)34-19-27-6-2-3-7-29(27)24-13-15-26(16-14-24)32-37-28(21-39-31-8-4-5-17-33-31)18-30(38-32)25-11-9-23(20-35)10-12-25/h2-17,28,30,32,35H,18-21H2,1H3,(H,34,36)/t28-,30+,32+/m0/s1. The smallest absolute Gasteiger partial charge is 0.217 e. The Kier molecular flexibility index (Phi) is 9.06. The number of nitrogens with zero attached hydrogens (tertiary/aromatic N) is 1. The van der Waals surface area contributed by atoms with Crippen molar-refractivity contribution in [3.8, 4) is 11.1 Å². The molecule has 4 aromatic rings. The zero-order valence-corrected chi connectivity index (χ0v) is 22.6. The monoisotopic (exact) mass is 540 g/mol. The van der Waals surface area contributed by atoms with E-state index >= 15 is 0 Å². The Labute approximate surface area is 233 Å². The Morgan fingerprint density at radius 2 is 1.69 bits per heavy atom. The Bertz CT molecular complexity index is 1360. The summed E-state index contributed by atoms with van der Waals surface area (Å²) in [7, 11) is 0. The highest BCUT2D eigenvalue weighted by atomic mass is 32.2. The van der Waals surface area contributed by atoms with Gasteiger partial charge >= 0.3 is 0 Å². The molecule has 0 bridgehead atoms. The van der Waals surface area contributed by atoms with Crippen molar-refractivity contribution in [2.75, 3.05) is 5.75 Å². The Balaban J connectivity index is 1.36. The van der Waals surface area contributed by atoms with E-state index in [9.17, 15) is 9.90 Å². The minimum atomic E-state index is -0.515. The third kappa shape index (κ3) is 7.13. The highest BCUT2D eigenvalue weighted by molar-refractivity contribution is 7.99. The lowest BCUT2D eigenvalue weighted by Gasteiger charge is -2.36. The van der Waals surface area contributed by atoms with Gasteiger partial charge in [0.05, 0.1) is 23.8 Å². The molecular weight excluding hydrogens is 508 g/mol. The van der Waals surface area contributed by atoms with E-state index < -0.39 is 6.29 Å². The number of aliphatic hydroxyl groups is 1. The van der Waals surface area contributed by atoms with Crippen LogP contribution >= 0.6 is 11.8 Å². The van der Waals surface area contributed by atoms with Crippen LogP contribution in [-0.2, 0) is 27.4 Å². The Morgan fingerprint density at radius 1 is 0.949 bits per heavy atom. The third-order valence-corrected chi connectivity index (χ3v) is 7.78. The van der Waals surface area contributed by atoms with Crippen molar-refractivity contribution in [3.63, 3.8) is 0 Å². The summed E-state index contributed by atoms with van der Waals surface area (Å²) >= 11 is 1.68. The summed E-state index contributed by atoms with van der Waals surface area (Å²) in [6.45, 7) is 2.02. The van der Waals surface area contributed by atoms with E-state index in [4.69, 9.17) is 9.47 Å². The molecule has 0 unspecified atom stereocenters. The summed E-state index contributed by atoms with van der Waals surface area (Å²) in [6.07, 6.45) is 1.85. The van der Waals surface area contributed by atoms with Gasteiger partial charge in [0.15, 0.2) is 6.29 Å². The van der Waals surface area contributed by atoms with Gasteiger partial charge in [-0.05, 0) is 39.9 Å². The first-order chi connectivity index (χ1) is 19.1. The molecule has 2 heterocycles. The van der Waals surface area contributed by atoms with E-state index in [0.717, 1.165) is 50.6 Å². The summed E-state index contributed by atoms with van der Waals surface area (Å²) < 4.78 is 13.0. The average molecular weight is 541 g/mol. The minimum absolute atomic E-state index is 0.0151. The van der Waals surface area contributed by atoms with Crippen molar-refractivity contribution in [1.82, 2.24) is 10.3 Å². The van der Waals surface area contributed by atoms with Crippen LogP contribution in [0.5, 0.6) is 0 Å². The van der Waals surface area contributed by atoms with E-state index in [0.29, 0.717) is 6.54 Å². The lowest BCUT2D eigenvalue weighted by molar-refractivity contribution is -0.245. The molecule has 1 fully saturated rings. The normalized spacial score (nSPS) is 19.0. The maximum absolute atomic E-state index is 11.4. The van der Waals surface area contributed by atoms with Gasteiger partial charge in [0.25, 0.3) is 0 Å². The van der Waals surface area contributed by atoms with Crippen LogP contribution in [-0.4, -0.2) is 27.9 Å². The zero-order valence-electron chi connectivity index (χ0n) is 21.8. The van der Waals surface area contributed by atoms with Crippen LogP contribution in [0.15, 0.2) is 102 Å². The summed E-state index contributed by atoms with van der Waals surface area (Å²) in [5.74, 6) is 0.708. The molecule has 6 nitrogen and oxygen atoms in total. The second kappa shape index (κ2) is 13.0. The van der Waals surface area contributed by atoms with Crippen molar-refractivity contribution >= 4 is 17.7 Å². The van der Waals surface area contributed by atoms with Gasteiger partial charge in [-0.3, -0.25) is 4.79 Å². The number of carbonyl (C=O) groups is 1. The second-order valence-electron chi connectivity index (χ2n) is 9.52. The van der Waals surface area contributed by atoms with Crippen molar-refractivity contribution in [1.29, 1.82) is 0 Å². The number of aliphatic hydroxyl groups excluding tert-OH is 1. The number of benzene rings is 3. The Morgan fingerprint density at radius 3 is 2.41 bits per heavy atom. The molecule has 7 heteroatoms. The second-order valence-corrected chi connectivity index (χ2v) is 10.6. The predicted octanol–water partition coefficient (Wildman–Crippen LogP) is 6.21. The van der Waals surface area contributed by atoms with Crippen molar-refractivity contribution in [3.05, 3.63) is 119 Å². The molecule has 39 heavy (non-hydrogen) atoms. The first-order valence-corrected chi connectivity index (χ1v) is 14.0. The molecule has 200 valence electrons. The molecule has 0 spiro atoms. The molecule has 1 aromatic heterocycles. The molecule has 3 aromatic carbocycles. The predicted molar refractivity (Wildman–Crippen MR) is 153 cm³/mol. The third-order valence-electron chi connectivity index (χ3n) is 6.71. The highest BCUT2D eigenvalue weighted by Gasteiger charge is 2.32. The fourth-order valence-corrected chi connectivity index (χ4v) is 5.51. The first kappa shape index (κ1) is 27.1. The first-order valence-electron chi connectivity index (χ1n) is 13.1. The lowest BCUT2D eigenvalue weighted by Crippen LogP contribution is -2.31. The molecule has 5 rings (SSSR count). The summed E-state index contributed by atoms with van der Waals surface area (Å²) in [5.41, 5.74) is 6.09. The van der Waals surface area contributed by atoms with Gasteiger partial charge < -0.3 is 19.9 Å².